The Morgan fingerprint density at radius 2 is 1.95 bits per heavy atom. The summed E-state index contributed by atoms with van der Waals surface area (Å²) in [6.07, 6.45) is -4.72. The Bertz CT molecular complexity index is 633. The number of hydrogen-bond acceptors (Lipinski definition) is 4. The number of carboxylic acid groups (broad SMARTS) is 1. The second-order valence-electron chi connectivity index (χ2n) is 4.60. The molecule has 0 aromatic carbocycles. The van der Waals surface area contributed by atoms with Crippen LogP contribution in [0.2, 0.25) is 0 Å². The van der Waals surface area contributed by atoms with Gasteiger partial charge in [-0.1, -0.05) is 0 Å². The van der Waals surface area contributed by atoms with Crippen molar-refractivity contribution in [2.75, 3.05) is 6.54 Å². The van der Waals surface area contributed by atoms with Crippen LogP contribution in [0.15, 0.2) is 15.4 Å². The number of furan rings is 1. The van der Waals surface area contributed by atoms with Crippen molar-refractivity contribution < 1.29 is 35.9 Å². The van der Waals surface area contributed by atoms with Gasteiger partial charge in [0, 0.05) is 12.1 Å². The van der Waals surface area contributed by atoms with Gasteiger partial charge in [0.25, 0.3) is 0 Å². The van der Waals surface area contributed by atoms with Crippen LogP contribution < -0.4 is 0 Å². The summed E-state index contributed by atoms with van der Waals surface area (Å²) in [6, 6.07) is -0.252. The number of hydrogen-bond donors (Lipinski definition) is 1. The van der Waals surface area contributed by atoms with E-state index >= 15 is 0 Å². The fourth-order valence-corrected chi connectivity index (χ4v) is 3.46. The van der Waals surface area contributed by atoms with E-state index in [0.717, 1.165) is 0 Å². The van der Waals surface area contributed by atoms with E-state index in [1.54, 1.807) is 0 Å². The predicted molar refractivity (Wildman–Crippen MR) is 65.5 cm³/mol. The zero-order valence-corrected chi connectivity index (χ0v) is 12.2. The van der Waals surface area contributed by atoms with E-state index in [1.165, 1.54) is 20.8 Å². The minimum atomic E-state index is -4.72. The number of halogens is 3. The highest BCUT2D eigenvalue weighted by Gasteiger charge is 2.40. The number of rotatable bonds is 5. The van der Waals surface area contributed by atoms with Crippen molar-refractivity contribution >= 4 is 16.0 Å². The normalized spacial score (nSPS) is 13.1. The van der Waals surface area contributed by atoms with Gasteiger partial charge < -0.3 is 9.52 Å². The summed E-state index contributed by atoms with van der Waals surface area (Å²) in [6.45, 7) is 2.08. The topological polar surface area (TPSA) is 87.8 Å². The molecule has 0 aliphatic carbocycles. The lowest BCUT2D eigenvalue weighted by molar-refractivity contribution is -0.138. The van der Waals surface area contributed by atoms with Gasteiger partial charge in [0.1, 0.15) is 17.2 Å². The highest BCUT2D eigenvalue weighted by molar-refractivity contribution is 7.89. The number of aryl methyl sites for hydroxylation is 1. The van der Waals surface area contributed by atoms with Gasteiger partial charge in [-0.3, -0.25) is 0 Å². The molecule has 1 N–H and O–H groups in total. The maximum absolute atomic E-state index is 12.5. The van der Waals surface area contributed by atoms with Crippen LogP contribution in [0.25, 0.3) is 0 Å². The molecule has 10 heteroatoms. The van der Waals surface area contributed by atoms with Crippen LogP contribution in [-0.2, 0) is 10.0 Å². The fraction of sp³-hybridized carbons (Fsp3) is 0.545. The highest BCUT2D eigenvalue weighted by Crippen LogP contribution is 2.28. The monoisotopic (exact) mass is 329 g/mol. The quantitative estimate of drug-likeness (QED) is 0.895. The minimum Gasteiger partial charge on any atom is -0.475 e. The van der Waals surface area contributed by atoms with Crippen LogP contribution in [-0.4, -0.2) is 42.6 Å². The number of sulfonamides is 1. The molecule has 1 aromatic heterocycles. The largest absolute Gasteiger partial charge is 0.475 e. The smallest absolute Gasteiger partial charge is 0.402 e. The van der Waals surface area contributed by atoms with Crippen molar-refractivity contribution in [3.63, 3.8) is 0 Å². The van der Waals surface area contributed by atoms with Crippen LogP contribution >= 0.6 is 0 Å². The van der Waals surface area contributed by atoms with Gasteiger partial charge in [0.05, 0.1) is 0 Å². The standard InChI is InChI=1S/C11H14F3NO5S/c1-6(2)15(5-11(12,13)14)21(18,19)9-4-8(10(16)17)20-7(9)3/h4,6H,5H2,1-3H3,(H,16,17). The molecule has 0 amide bonds. The average molecular weight is 329 g/mol. The summed E-state index contributed by atoms with van der Waals surface area (Å²) in [5, 5.41) is 8.74. The molecule has 1 rings (SSSR count). The lowest BCUT2D eigenvalue weighted by Gasteiger charge is -2.26. The van der Waals surface area contributed by atoms with Crippen LogP contribution in [0, 0.1) is 6.92 Å². The average Bonchev–Trinajstić information content (AvgIpc) is 2.67. The van der Waals surface area contributed by atoms with Crippen molar-refractivity contribution in [2.45, 2.75) is 37.9 Å². The Hall–Kier alpha value is -1.55. The fourth-order valence-electron chi connectivity index (χ4n) is 1.68. The summed E-state index contributed by atoms with van der Waals surface area (Å²) in [5.41, 5.74) is 0. The van der Waals surface area contributed by atoms with Crippen molar-refractivity contribution in [3.8, 4) is 0 Å². The summed E-state index contributed by atoms with van der Waals surface area (Å²) in [5.74, 6) is -2.44. The van der Waals surface area contributed by atoms with Crippen LogP contribution in [0.5, 0.6) is 0 Å². The second kappa shape index (κ2) is 5.68. The van der Waals surface area contributed by atoms with E-state index in [2.05, 4.69) is 0 Å². The first-order chi connectivity index (χ1) is 9.36. The molecule has 0 saturated carbocycles. The van der Waals surface area contributed by atoms with E-state index in [9.17, 15) is 26.4 Å². The molecule has 0 aliphatic heterocycles. The Balaban J connectivity index is 3.33. The minimum absolute atomic E-state index is 0.247. The highest BCUT2D eigenvalue weighted by atomic mass is 32.2. The van der Waals surface area contributed by atoms with E-state index in [-0.39, 0.29) is 10.1 Å². The van der Waals surface area contributed by atoms with Gasteiger partial charge in [-0.05, 0) is 20.8 Å². The number of carbonyl (C=O) groups is 1. The molecular weight excluding hydrogens is 315 g/mol. The molecule has 0 atom stereocenters. The molecule has 0 saturated heterocycles. The number of alkyl halides is 3. The number of aromatic carboxylic acids is 1. The van der Waals surface area contributed by atoms with Gasteiger partial charge in [-0.15, -0.1) is 0 Å². The van der Waals surface area contributed by atoms with Gasteiger partial charge in [-0.2, -0.15) is 17.5 Å². The van der Waals surface area contributed by atoms with Crippen molar-refractivity contribution in [1.82, 2.24) is 4.31 Å². The molecular formula is C11H14F3NO5S. The van der Waals surface area contributed by atoms with E-state index < -0.39 is 45.4 Å². The predicted octanol–water partition coefficient (Wildman–Crippen LogP) is 2.25. The van der Waals surface area contributed by atoms with E-state index in [1.807, 2.05) is 0 Å². The van der Waals surface area contributed by atoms with Crippen LogP contribution in [0.3, 0.4) is 0 Å². The van der Waals surface area contributed by atoms with Gasteiger partial charge in [-0.25, -0.2) is 13.2 Å². The second-order valence-corrected chi connectivity index (χ2v) is 6.45. The molecule has 21 heavy (non-hydrogen) atoms. The molecule has 1 aromatic rings. The number of nitrogens with zero attached hydrogens (tertiary/aromatic N) is 1. The van der Waals surface area contributed by atoms with Gasteiger partial charge >= 0.3 is 12.1 Å². The first-order valence-electron chi connectivity index (χ1n) is 5.78. The molecule has 0 bridgehead atoms. The maximum Gasteiger partial charge on any atom is 0.402 e. The maximum atomic E-state index is 12.5. The molecule has 0 spiro atoms. The Kier molecular flexibility index (Phi) is 4.73. The van der Waals surface area contributed by atoms with Crippen LogP contribution in [0.4, 0.5) is 13.2 Å². The van der Waals surface area contributed by atoms with Crippen LogP contribution in [0.1, 0.15) is 30.2 Å². The number of carboxylic acids is 1. The Morgan fingerprint density at radius 3 is 2.29 bits per heavy atom. The summed E-state index contributed by atoms with van der Waals surface area (Å²) < 4.78 is 67.1. The summed E-state index contributed by atoms with van der Waals surface area (Å²) in [7, 11) is -4.52. The molecule has 0 aliphatic rings. The molecule has 120 valence electrons. The van der Waals surface area contributed by atoms with E-state index in [4.69, 9.17) is 9.52 Å². The van der Waals surface area contributed by atoms with Gasteiger partial charge in [0.15, 0.2) is 0 Å². The zero-order chi connectivity index (χ0) is 16.6. The first kappa shape index (κ1) is 17.5. The lowest BCUT2D eigenvalue weighted by Crippen LogP contribution is -2.43. The van der Waals surface area contributed by atoms with Gasteiger partial charge in [0.2, 0.25) is 15.8 Å². The third-order valence-corrected chi connectivity index (χ3v) is 4.71. The Labute approximate surface area is 119 Å². The first-order valence-corrected chi connectivity index (χ1v) is 7.22. The van der Waals surface area contributed by atoms with Crippen molar-refractivity contribution in [2.24, 2.45) is 0 Å². The van der Waals surface area contributed by atoms with E-state index in [0.29, 0.717) is 6.07 Å². The molecule has 1 heterocycles. The molecule has 0 unspecified atom stereocenters. The molecule has 6 nitrogen and oxygen atoms in total. The molecule has 0 fully saturated rings. The lowest BCUT2D eigenvalue weighted by atomic mass is 10.4. The van der Waals surface area contributed by atoms with Crippen molar-refractivity contribution in [1.29, 1.82) is 0 Å². The third kappa shape index (κ3) is 3.97. The Morgan fingerprint density at radius 1 is 1.43 bits per heavy atom. The summed E-state index contributed by atoms with van der Waals surface area (Å²) in [4.78, 5) is 10.2. The molecule has 0 radical (unpaired) electrons. The van der Waals surface area contributed by atoms with Crippen molar-refractivity contribution in [3.05, 3.63) is 17.6 Å². The zero-order valence-electron chi connectivity index (χ0n) is 11.4. The third-order valence-electron chi connectivity index (χ3n) is 2.58. The summed E-state index contributed by atoms with van der Waals surface area (Å²) >= 11 is 0. The SMILES string of the molecule is Cc1oc(C(=O)O)cc1S(=O)(=O)N(CC(F)(F)F)C(C)C.